The molecule has 2 fully saturated rings. The first kappa shape index (κ1) is 21.8. The van der Waals surface area contributed by atoms with Crippen LogP contribution in [0.2, 0.25) is 5.02 Å². The van der Waals surface area contributed by atoms with Crippen LogP contribution in [0.15, 0.2) is 42.5 Å². The topological polar surface area (TPSA) is 83.6 Å². The number of carbonyl (C=O) groups is 2. The highest BCUT2D eigenvalue weighted by Gasteiger charge is 2.39. The predicted octanol–water partition coefficient (Wildman–Crippen LogP) is 4.19. The summed E-state index contributed by atoms with van der Waals surface area (Å²) in [5, 5.41) is 10.8. The van der Waals surface area contributed by atoms with Crippen LogP contribution in [0.25, 0.3) is 11.1 Å². The number of halogens is 1. The Bertz CT molecular complexity index is 994. The highest BCUT2D eigenvalue weighted by molar-refractivity contribution is 6.31. The minimum absolute atomic E-state index is 0.0519. The molecule has 6 heteroatoms. The molecule has 2 aromatic rings. The highest BCUT2D eigenvalue weighted by atomic mass is 35.5. The molecule has 1 atom stereocenters. The van der Waals surface area contributed by atoms with Crippen LogP contribution in [-0.2, 0) is 11.2 Å². The molecule has 1 aliphatic carbocycles. The van der Waals surface area contributed by atoms with Crippen LogP contribution in [0.4, 0.5) is 0 Å². The first-order chi connectivity index (χ1) is 14.7. The lowest BCUT2D eigenvalue weighted by Crippen LogP contribution is -2.43. The number of carbonyl (C=O) groups excluding carboxylic acids is 2. The fourth-order valence-electron chi connectivity index (χ4n) is 4.86. The second-order valence-electron chi connectivity index (χ2n) is 9.20. The molecule has 0 spiro atoms. The van der Waals surface area contributed by atoms with E-state index >= 15 is 0 Å². The Hall–Kier alpha value is -2.37. The smallest absolute Gasteiger partial charge is 0.248 e. The molecule has 31 heavy (non-hydrogen) atoms. The number of nitrogens with zero attached hydrogens (tertiary/aromatic N) is 1. The number of rotatable bonds is 5. The lowest BCUT2D eigenvalue weighted by molar-refractivity contribution is -0.134. The second kappa shape index (κ2) is 8.64. The van der Waals surface area contributed by atoms with Gasteiger partial charge in [-0.25, -0.2) is 0 Å². The third-order valence-corrected chi connectivity index (χ3v) is 7.18. The van der Waals surface area contributed by atoms with E-state index in [1.54, 1.807) is 18.2 Å². The zero-order chi connectivity index (χ0) is 22.2. The molecule has 5 nitrogen and oxygen atoms in total. The van der Waals surface area contributed by atoms with Gasteiger partial charge in [0, 0.05) is 29.1 Å². The van der Waals surface area contributed by atoms with Crippen molar-refractivity contribution in [1.29, 1.82) is 0 Å². The fraction of sp³-hybridized carbons (Fsp3) is 0.440. The third kappa shape index (κ3) is 4.78. The minimum atomic E-state index is -0.592. The summed E-state index contributed by atoms with van der Waals surface area (Å²) < 4.78 is 0. The van der Waals surface area contributed by atoms with Crippen molar-refractivity contribution in [3.05, 3.63) is 58.6 Å². The molecule has 0 bridgehead atoms. The van der Waals surface area contributed by atoms with Gasteiger partial charge in [0.2, 0.25) is 11.8 Å². The van der Waals surface area contributed by atoms with Crippen LogP contribution in [0.3, 0.4) is 0 Å². The number of primary amides is 1. The summed E-state index contributed by atoms with van der Waals surface area (Å²) in [7, 11) is 0. The van der Waals surface area contributed by atoms with Crippen molar-refractivity contribution in [2.75, 3.05) is 6.54 Å². The third-order valence-electron chi connectivity index (χ3n) is 6.82. The Morgan fingerprint density at radius 1 is 1.16 bits per heavy atom. The second-order valence-corrected chi connectivity index (χ2v) is 9.61. The molecule has 1 saturated heterocycles. The molecule has 164 valence electrons. The zero-order valence-electron chi connectivity index (χ0n) is 17.8. The fourth-order valence-corrected chi connectivity index (χ4v) is 5.12. The lowest BCUT2D eigenvalue weighted by Gasteiger charge is -2.37. The average Bonchev–Trinajstić information content (AvgIpc) is 3.10. The van der Waals surface area contributed by atoms with E-state index < -0.39 is 11.5 Å². The van der Waals surface area contributed by atoms with Crippen LogP contribution < -0.4 is 5.73 Å². The number of aliphatic hydroxyl groups is 1. The van der Waals surface area contributed by atoms with Gasteiger partial charge in [0.05, 0.1) is 5.60 Å². The normalized spacial score (nSPS) is 26.3. The SMILES string of the molecule is CC1(O)CCC(N2CCC(Cc3ccc(-c4cccc(C(N)=O)c4)cc3Cl)C2=O)CC1. The zero-order valence-corrected chi connectivity index (χ0v) is 18.6. The molecule has 4 rings (SSSR count). The molecule has 0 radical (unpaired) electrons. The molecule has 0 aromatic heterocycles. The summed E-state index contributed by atoms with van der Waals surface area (Å²) in [4.78, 5) is 26.5. The summed E-state index contributed by atoms with van der Waals surface area (Å²) in [6, 6.07) is 13.2. The molecular formula is C25H29ClN2O3. The Morgan fingerprint density at radius 2 is 1.87 bits per heavy atom. The van der Waals surface area contributed by atoms with Gasteiger partial charge in [0.25, 0.3) is 0 Å². The van der Waals surface area contributed by atoms with Crippen molar-refractivity contribution in [1.82, 2.24) is 4.90 Å². The largest absolute Gasteiger partial charge is 0.390 e. The van der Waals surface area contributed by atoms with E-state index in [0.29, 0.717) is 17.0 Å². The van der Waals surface area contributed by atoms with Gasteiger partial charge in [-0.1, -0.05) is 35.9 Å². The van der Waals surface area contributed by atoms with Crippen molar-refractivity contribution in [2.24, 2.45) is 11.7 Å². The van der Waals surface area contributed by atoms with Crippen molar-refractivity contribution in [3.63, 3.8) is 0 Å². The Labute approximate surface area is 188 Å². The van der Waals surface area contributed by atoms with Gasteiger partial charge in [-0.05, 0) is 80.3 Å². The summed E-state index contributed by atoms with van der Waals surface area (Å²) in [5.41, 5.74) is 7.99. The van der Waals surface area contributed by atoms with Crippen molar-refractivity contribution >= 4 is 23.4 Å². The van der Waals surface area contributed by atoms with Crippen LogP contribution >= 0.6 is 11.6 Å². The predicted molar refractivity (Wildman–Crippen MR) is 122 cm³/mol. The summed E-state index contributed by atoms with van der Waals surface area (Å²) in [5.74, 6) is -0.305. The first-order valence-electron chi connectivity index (χ1n) is 10.9. The monoisotopic (exact) mass is 440 g/mol. The maximum atomic E-state index is 13.0. The van der Waals surface area contributed by atoms with E-state index in [4.69, 9.17) is 17.3 Å². The quantitative estimate of drug-likeness (QED) is 0.731. The van der Waals surface area contributed by atoms with Crippen LogP contribution in [0, 0.1) is 5.92 Å². The number of hydrogen-bond donors (Lipinski definition) is 2. The summed E-state index contributed by atoms with van der Waals surface area (Å²) >= 11 is 6.58. The van der Waals surface area contributed by atoms with Gasteiger partial charge in [-0.3, -0.25) is 9.59 Å². The van der Waals surface area contributed by atoms with Gasteiger partial charge in [0.15, 0.2) is 0 Å². The van der Waals surface area contributed by atoms with Gasteiger partial charge < -0.3 is 15.7 Å². The number of nitrogens with two attached hydrogens (primary N) is 1. The standard InChI is InChI=1S/C25H29ClN2O3/c1-25(31)10-7-21(8-11-25)28-12-9-20(24(28)30)14-18-6-5-17(15-22(18)26)16-3-2-4-19(13-16)23(27)29/h2-6,13,15,20-21,31H,7-12,14H2,1H3,(H2,27,29). The number of benzene rings is 2. The summed E-state index contributed by atoms with van der Waals surface area (Å²) in [6.45, 7) is 2.67. The molecule has 2 aromatic carbocycles. The molecule has 1 saturated carbocycles. The van der Waals surface area contributed by atoms with Crippen LogP contribution in [0.5, 0.6) is 0 Å². The van der Waals surface area contributed by atoms with Crippen molar-refractivity contribution < 1.29 is 14.7 Å². The number of likely N-dealkylation sites (tertiary alicyclic amines) is 1. The number of amides is 2. The maximum absolute atomic E-state index is 13.0. The average molecular weight is 441 g/mol. The van der Waals surface area contributed by atoms with Gasteiger partial charge >= 0.3 is 0 Å². The van der Waals surface area contributed by atoms with E-state index in [1.807, 2.05) is 36.1 Å². The van der Waals surface area contributed by atoms with E-state index in [2.05, 4.69) is 0 Å². The van der Waals surface area contributed by atoms with Gasteiger partial charge in [0.1, 0.15) is 0 Å². The minimum Gasteiger partial charge on any atom is -0.390 e. The molecule has 1 aliphatic heterocycles. The van der Waals surface area contributed by atoms with Crippen molar-refractivity contribution in [3.8, 4) is 11.1 Å². The van der Waals surface area contributed by atoms with Crippen LogP contribution in [0.1, 0.15) is 54.9 Å². The molecule has 1 unspecified atom stereocenters. The summed E-state index contributed by atoms with van der Waals surface area (Å²) in [6.07, 6.45) is 4.69. The molecule has 2 aliphatic rings. The number of hydrogen-bond acceptors (Lipinski definition) is 3. The molecule has 1 heterocycles. The molecular weight excluding hydrogens is 412 g/mol. The van der Waals surface area contributed by atoms with Crippen LogP contribution in [-0.4, -0.2) is 40.0 Å². The first-order valence-corrected chi connectivity index (χ1v) is 11.3. The lowest BCUT2D eigenvalue weighted by atomic mass is 9.83. The Kier molecular flexibility index (Phi) is 6.09. The van der Waals surface area contributed by atoms with E-state index in [1.165, 1.54) is 0 Å². The van der Waals surface area contributed by atoms with E-state index in [9.17, 15) is 14.7 Å². The molecule has 2 amide bonds. The Balaban J connectivity index is 1.44. The van der Waals surface area contributed by atoms with Gasteiger partial charge in [-0.2, -0.15) is 0 Å². The van der Waals surface area contributed by atoms with Gasteiger partial charge in [-0.15, -0.1) is 0 Å². The Morgan fingerprint density at radius 3 is 2.55 bits per heavy atom. The van der Waals surface area contributed by atoms with Crippen molar-refractivity contribution in [2.45, 2.75) is 57.1 Å². The highest BCUT2D eigenvalue weighted by Crippen LogP contribution is 2.35. The van der Waals surface area contributed by atoms with E-state index in [0.717, 1.165) is 55.3 Å². The van der Waals surface area contributed by atoms with E-state index in [-0.39, 0.29) is 17.9 Å². The molecule has 3 N–H and O–H groups in total. The maximum Gasteiger partial charge on any atom is 0.248 e.